The minimum Gasteiger partial charge on any atom is -0.405 e. The largest absolute Gasteiger partial charge is 0.573 e. The smallest absolute Gasteiger partial charge is 0.405 e. The molecule has 1 N–H and O–H groups in total. The zero-order chi connectivity index (χ0) is 14.6. The molecule has 0 bridgehead atoms. The number of halogens is 3. The van der Waals surface area contributed by atoms with Gasteiger partial charge < -0.3 is 10.1 Å². The molecule has 0 aliphatic carbocycles. The molecule has 20 heavy (non-hydrogen) atoms. The molecule has 2 rings (SSSR count). The average molecular weight is 287 g/mol. The lowest BCUT2D eigenvalue weighted by molar-refractivity contribution is -0.275. The van der Waals surface area contributed by atoms with Crippen molar-refractivity contribution in [3.05, 3.63) is 29.8 Å². The van der Waals surface area contributed by atoms with E-state index >= 15 is 0 Å². The molecule has 1 atom stereocenters. The molecule has 1 aliphatic rings. The standard InChI is InChI=1S/C15H20F3NO/c1-2-14(10-6-3-7-11-19-14)12-8-4-5-9-13(12)20-15(16,17)18/h4-5,8-9,19H,2-3,6-7,10-11H2,1H3. The summed E-state index contributed by atoms with van der Waals surface area (Å²) >= 11 is 0. The number of hydrogen-bond acceptors (Lipinski definition) is 2. The molecule has 1 saturated heterocycles. The summed E-state index contributed by atoms with van der Waals surface area (Å²) in [5, 5.41) is 3.44. The van der Waals surface area contributed by atoms with Crippen molar-refractivity contribution in [2.75, 3.05) is 6.54 Å². The van der Waals surface area contributed by atoms with Gasteiger partial charge in [0, 0.05) is 11.1 Å². The Balaban J connectivity index is 2.38. The second-order valence-corrected chi connectivity index (χ2v) is 5.22. The highest BCUT2D eigenvalue weighted by Crippen LogP contribution is 2.39. The molecule has 0 radical (unpaired) electrons. The highest BCUT2D eigenvalue weighted by molar-refractivity contribution is 5.39. The Morgan fingerprint density at radius 1 is 1.20 bits per heavy atom. The second kappa shape index (κ2) is 6.04. The molecule has 1 heterocycles. The van der Waals surface area contributed by atoms with Gasteiger partial charge in [0.05, 0.1) is 0 Å². The normalized spacial score (nSPS) is 24.2. The molecular formula is C15H20F3NO. The van der Waals surface area contributed by atoms with Gasteiger partial charge in [0.2, 0.25) is 0 Å². The van der Waals surface area contributed by atoms with Crippen LogP contribution in [0.3, 0.4) is 0 Å². The monoisotopic (exact) mass is 287 g/mol. The summed E-state index contributed by atoms with van der Waals surface area (Å²) in [7, 11) is 0. The molecule has 112 valence electrons. The zero-order valence-electron chi connectivity index (χ0n) is 11.6. The first-order valence-electron chi connectivity index (χ1n) is 7.07. The van der Waals surface area contributed by atoms with Crippen molar-refractivity contribution in [1.82, 2.24) is 5.32 Å². The lowest BCUT2D eigenvalue weighted by Crippen LogP contribution is -2.41. The van der Waals surface area contributed by atoms with E-state index in [1.807, 2.05) is 6.92 Å². The molecule has 1 aliphatic heterocycles. The maximum absolute atomic E-state index is 12.6. The number of rotatable bonds is 3. The number of para-hydroxylation sites is 1. The van der Waals surface area contributed by atoms with E-state index in [0.29, 0.717) is 5.56 Å². The topological polar surface area (TPSA) is 21.3 Å². The van der Waals surface area contributed by atoms with Gasteiger partial charge >= 0.3 is 6.36 Å². The third-order valence-corrected chi connectivity index (χ3v) is 3.98. The van der Waals surface area contributed by atoms with E-state index < -0.39 is 11.9 Å². The summed E-state index contributed by atoms with van der Waals surface area (Å²) in [5.41, 5.74) is 0.194. The quantitative estimate of drug-likeness (QED) is 0.892. The van der Waals surface area contributed by atoms with Crippen LogP contribution in [0.1, 0.15) is 44.6 Å². The summed E-state index contributed by atoms with van der Waals surface area (Å²) in [5.74, 6) is -0.0868. The van der Waals surface area contributed by atoms with Crippen LogP contribution in [0, 0.1) is 0 Å². The van der Waals surface area contributed by atoms with Crippen LogP contribution in [0.4, 0.5) is 13.2 Å². The average Bonchev–Trinajstić information content (AvgIpc) is 2.64. The minimum atomic E-state index is -4.66. The minimum absolute atomic E-state index is 0.0868. The molecule has 0 amide bonds. The van der Waals surface area contributed by atoms with E-state index in [0.717, 1.165) is 38.6 Å². The van der Waals surface area contributed by atoms with Crippen molar-refractivity contribution in [1.29, 1.82) is 0 Å². The maximum Gasteiger partial charge on any atom is 0.573 e. The molecule has 1 aromatic rings. The number of benzene rings is 1. The van der Waals surface area contributed by atoms with Crippen LogP contribution in [0.25, 0.3) is 0 Å². The molecule has 1 aromatic carbocycles. The number of ether oxygens (including phenoxy) is 1. The summed E-state index contributed by atoms with van der Waals surface area (Å²) in [4.78, 5) is 0. The molecule has 0 saturated carbocycles. The van der Waals surface area contributed by atoms with Crippen LogP contribution >= 0.6 is 0 Å². The third kappa shape index (κ3) is 3.45. The van der Waals surface area contributed by atoms with E-state index in [2.05, 4.69) is 10.1 Å². The second-order valence-electron chi connectivity index (χ2n) is 5.22. The molecule has 1 unspecified atom stereocenters. The first kappa shape index (κ1) is 15.2. The molecule has 2 nitrogen and oxygen atoms in total. The van der Waals surface area contributed by atoms with Crippen molar-refractivity contribution in [3.63, 3.8) is 0 Å². The summed E-state index contributed by atoms with van der Waals surface area (Å²) in [6.45, 7) is 2.83. The van der Waals surface area contributed by atoms with E-state index in [9.17, 15) is 13.2 Å². The van der Waals surface area contributed by atoms with Gasteiger partial charge in [-0.05, 0) is 31.9 Å². The van der Waals surface area contributed by atoms with Gasteiger partial charge in [-0.3, -0.25) is 0 Å². The fourth-order valence-corrected chi connectivity index (χ4v) is 2.94. The van der Waals surface area contributed by atoms with E-state index in [1.165, 1.54) is 6.07 Å². The van der Waals surface area contributed by atoms with Gasteiger partial charge in [0.1, 0.15) is 5.75 Å². The van der Waals surface area contributed by atoms with Crippen molar-refractivity contribution < 1.29 is 17.9 Å². The van der Waals surface area contributed by atoms with Crippen LogP contribution in [-0.2, 0) is 5.54 Å². The first-order chi connectivity index (χ1) is 9.47. The number of alkyl halides is 3. The number of hydrogen-bond donors (Lipinski definition) is 1. The fourth-order valence-electron chi connectivity index (χ4n) is 2.94. The molecular weight excluding hydrogens is 267 g/mol. The predicted octanol–water partition coefficient (Wildman–Crippen LogP) is 4.35. The number of nitrogens with one attached hydrogen (secondary N) is 1. The molecule has 0 aromatic heterocycles. The van der Waals surface area contributed by atoms with Gasteiger partial charge in [-0.1, -0.05) is 38.0 Å². The van der Waals surface area contributed by atoms with Crippen LogP contribution in [0.2, 0.25) is 0 Å². The van der Waals surface area contributed by atoms with Crippen LogP contribution in [-0.4, -0.2) is 12.9 Å². The Hall–Kier alpha value is -1.23. The van der Waals surface area contributed by atoms with E-state index in [1.54, 1.807) is 18.2 Å². The highest BCUT2D eigenvalue weighted by atomic mass is 19.4. The van der Waals surface area contributed by atoms with Crippen LogP contribution < -0.4 is 10.1 Å². The third-order valence-electron chi connectivity index (χ3n) is 3.98. The van der Waals surface area contributed by atoms with E-state index in [-0.39, 0.29) is 5.75 Å². The Morgan fingerprint density at radius 3 is 2.65 bits per heavy atom. The molecule has 0 spiro atoms. The predicted molar refractivity (Wildman–Crippen MR) is 71.6 cm³/mol. The maximum atomic E-state index is 12.6. The Labute approximate surface area is 117 Å². The van der Waals surface area contributed by atoms with E-state index in [4.69, 9.17) is 0 Å². The van der Waals surface area contributed by atoms with Gasteiger partial charge in [-0.25, -0.2) is 0 Å². The Kier molecular flexibility index (Phi) is 4.58. The highest BCUT2D eigenvalue weighted by Gasteiger charge is 2.37. The molecule has 1 fully saturated rings. The molecule has 5 heteroatoms. The lowest BCUT2D eigenvalue weighted by atomic mass is 9.82. The van der Waals surface area contributed by atoms with Crippen molar-refractivity contribution in [2.45, 2.75) is 50.9 Å². The summed E-state index contributed by atoms with van der Waals surface area (Å²) < 4.78 is 41.9. The van der Waals surface area contributed by atoms with Crippen LogP contribution in [0.5, 0.6) is 5.75 Å². The van der Waals surface area contributed by atoms with Crippen molar-refractivity contribution in [3.8, 4) is 5.75 Å². The first-order valence-corrected chi connectivity index (χ1v) is 7.07. The summed E-state index contributed by atoms with van der Waals surface area (Å²) in [6, 6.07) is 6.48. The fraction of sp³-hybridized carbons (Fsp3) is 0.600. The van der Waals surface area contributed by atoms with Gasteiger partial charge in [-0.2, -0.15) is 0 Å². The van der Waals surface area contributed by atoms with Gasteiger partial charge in [0.15, 0.2) is 0 Å². The Bertz CT molecular complexity index is 437. The zero-order valence-corrected chi connectivity index (χ0v) is 11.6. The van der Waals surface area contributed by atoms with Crippen molar-refractivity contribution in [2.24, 2.45) is 0 Å². The van der Waals surface area contributed by atoms with Gasteiger partial charge in [0.25, 0.3) is 0 Å². The summed E-state index contributed by atoms with van der Waals surface area (Å²) in [6.07, 6.45) is 0.102. The van der Waals surface area contributed by atoms with Gasteiger partial charge in [-0.15, -0.1) is 13.2 Å². The van der Waals surface area contributed by atoms with Crippen LogP contribution in [0.15, 0.2) is 24.3 Å². The SMILES string of the molecule is CCC1(c2ccccc2OC(F)(F)F)CCCCCN1. The van der Waals surface area contributed by atoms with Crippen molar-refractivity contribution >= 4 is 0 Å². The lowest BCUT2D eigenvalue weighted by Gasteiger charge is -2.34. The Morgan fingerprint density at radius 2 is 1.95 bits per heavy atom.